The fourth-order valence-electron chi connectivity index (χ4n) is 2.79. The normalized spacial score (nSPS) is 25.6. The van der Waals surface area contributed by atoms with Crippen LogP contribution in [0.15, 0.2) is 6.07 Å². The van der Waals surface area contributed by atoms with Crippen LogP contribution in [0, 0.1) is 5.92 Å². The molecule has 0 unspecified atom stereocenters. The molecule has 1 aliphatic carbocycles. The molecule has 7 heteroatoms. The molecule has 2 rings (SSSR count). The molecule has 0 bridgehead atoms. The number of halogens is 2. The van der Waals surface area contributed by atoms with Gasteiger partial charge in [0, 0.05) is 0 Å². The lowest BCUT2D eigenvalue weighted by atomic mass is 9.75. The number of thiocarbonyl (C=S) groups is 1. The van der Waals surface area contributed by atoms with Crippen LogP contribution in [0.3, 0.4) is 0 Å². The highest BCUT2D eigenvalue weighted by molar-refractivity contribution is 7.80. The minimum atomic E-state index is -0.601. The first-order valence-corrected chi connectivity index (χ1v) is 8.93. The molecular formula is C14H18Cl2N2OS2. The van der Waals surface area contributed by atoms with E-state index in [4.69, 9.17) is 41.2 Å². The SMILES string of the molecule is CCC1CCC(NC(=O)c2cc(Cl)sc2Cl)(C(N)=S)CC1. The highest BCUT2D eigenvalue weighted by atomic mass is 35.5. The van der Waals surface area contributed by atoms with Crippen LogP contribution in [0.25, 0.3) is 0 Å². The van der Waals surface area contributed by atoms with Gasteiger partial charge in [0.15, 0.2) is 0 Å². The standard InChI is InChI=1S/C14H18Cl2N2OS2/c1-2-8-3-5-14(6-4-8,13(17)20)18-12(19)9-7-10(15)21-11(9)16/h7-8H,2-6H2,1H3,(H2,17,20)(H,18,19). The largest absolute Gasteiger partial charge is 0.391 e. The van der Waals surface area contributed by atoms with Gasteiger partial charge in [0.2, 0.25) is 0 Å². The van der Waals surface area contributed by atoms with Crippen LogP contribution in [0.1, 0.15) is 49.4 Å². The van der Waals surface area contributed by atoms with E-state index in [1.165, 1.54) is 11.3 Å². The molecule has 3 nitrogen and oxygen atoms in total. The molecule has 0 spiro atoms. The van der Waals surface area contributed by atoms with E-state index < -0.39 is 5.54 Å². The van der Waals surface area contributed by atoms with E-state index in [0.717, 1.165) is 32.1 Å². The minimum Gasteiger partial charge on any atom is -0.391 e. The highest BCUT2D eigenvalue weighted by Crippen LogP contribution is 2.36. The molecule has 1 amide bonds. The van der Waals surface area contributed by atoms with Crippen molar-refractivity contribution in [2.24, 2.45) is 11.7 Å². The van der Waals surface area contributed by atoms with Gasteiger partial charge in [-0.25, -0.2) is 0 Å². The summed E-state index contributed by atoms with van der Waals surface area (Å²) in [6.07, 6.45) is 4.75. The molecule has 1 aliphatic rings. The van der Waals surface area contributed by atoms with E-state index in [-0.39, 0.29) is 5.91 Å². The van der Waals surface area contributed by atoms with Crippen LogP contribution in [0.4, 0.5) is 0 Å². The fourth-order valence-corrected chi connectivity index (χ4v) is 4.50. The van der Waals surface area contributed by atoms with Gasteiger partial charge in [-0.3, -0.25) is 4.79 Å². The number of hydrogen-bond donors (Lipinski definition) is 2. The van der Waals surface area contributed by atoms with Gasteiger partial charge < -0.3 is 11.1 Å². The third kappa shape index (κ3) is 3.70. The smallest absolute Gasteiger partial charge is 0.254 e. The summed E-state index contributed by atoms with van der Waals surface area (Å²) in [7, 11) is 0. The molecule has 1 aromatic heterocycles. The maximum atomic E-state index is 12.4. The van der Waals surface area contributed by atoms with Crippen LogP contribution in [0.5, 0.6) is 0 Å². The van der Waals surface area contributed by atoms with Gasteiger partial charge >= 0.3 is 0 Å². The summed E-state index contributed by atoms with van der Waals surface area (Å²) in [5.41, 5.74) is 5.71. The van der Waals surface area contributed by atoms with Gasteiger partial charge in [0.05, 0.1) is 20.4 Å². The second-order valence-electron chi connectivity index (χ2n) is 5.49. The lowest BCUT2D eigenvalue weighted by Crippen LogP contribution is -2.58. The number of thiophene rings is 1. The molecule has 0 saturated heterocycles. The van der Waals surface area contributed by atoms with Gasteiger partial charge in [-0.05, 0) is 37.7 Å². The van der Waals surface area contributed by atoms with Crippen LogP contribution in [-0.2, 0) is 0 Å². The Morgan fingerprint density at radius 1 is 1.52 bits per heavy atom. The average molecular weight is 365 g/mol. The number of nitrogens with two attached hydrogens (primary N) is 1. The Morgan fingerprint density at radius 3 is 2.57 bits per heavy atom. The molecule has 0 radical (unpaired) electrons. The quantitative estimate of drug-likeness (QED) is 0.777. The van der Waals surface area contributed by atoms with E-state index in [9.17, 15) is 4.79 Å². The van der Waals surface area contributed by atoms with Gasteiger partial charge in [0.25, 0.3) is 5.91 Å². The Hall–Kier alpha value is -0.360. The summed E-state index contributed by atoms with van der Waals surface area (Å²) in [4.78, 5) is 12.8. The third-order valence-corrected chi connectivity index (χ3v) is 6.14. The predicted octanol–water partition coefficient (Wildman–Crippen LogP) is 4.41. The van der Waals surface area contributed by atoms with Crippen LogP contribution in [0.2, 0.25) is 8.67 Å². The van der Waals surface area contributed by atoms with Gasteiger partial charge in [0.1, 0.15) is 4.34 Å². The number of rotatable bonds is 4. The Kier molecular flexibility index (Phi) is 5.52. The molecule has 0 aliphatic heterocycles. The van der Waals surface area contributed by atoms with Gasteiger partial charge in [-0.1, -0.05) is 48.8 Å². The summed E-state index contributed by atoms with van der Waals surface area (Å²) in [5, 5.41) is 3.01. The molecule has 1 saturated carbocycles. The number of nitrogens with one attached hydrogen (secondary N) is 1. The Labute approximate surface area is 144 Å². The molecule has 3 N–H and O–H groups in total. The molecule has 0 aromatic carbocycles. The van der Waals surface area contributed by atoms with Crippen molar-refractivity contribution in [1.29, 1.82) is 0 Å². The van der Waals surface area contributed by atoms with E-state index in [0.29, 0.717) is 25.1 Å². The second-order valence-corrected chi connectivity index (χ2v) is 8.22. The fraction of sp³-hybridized carbons (Fsp3) is 0.571. The lowest BCUT2D eigenvalue weighted by molar-refractivity contribution is 0.0899. The van der Waals surface area contributed by atoms with Crippen molar-refractivity contribution in [3.63, 3.8) is 0 Å². The first-order valence-electron chi connectivity index (χ1n) is 6.95. The van der Waals surface area contributed by atoms with Crippen molar-refractivity contribution >= 4 is 57.7 Å². The summed E-state index contributed by atoms with van der Waals surface area (Å²) >= 11 is 18.3. The van der Waals surface area contributed by atoms with Crippen LogP contribution < -0.4 is 11.1 Å². The van der Waals surface area contributed by atoms with Crippen molar-refractivity contribution in [2.75, 3.05) is 0 Å². The first kappa shape index (κ1) is 17.0. The monoisotopic (exact) mass is 364 g/mol. The van der Waals surface area contributed by atoms with Crippen molar-refractivity contribution < 1.29 is 4.79 Å². The van der Waals surface area contributed by atoms with Crippen LogP contribution in [-0.4, -0.2) is 16.4 Å². The van der Waals surface area contributed by atoms with Gasteiger partial charge in [-0.15, -0.1) is 11.3 Å². The molecule has 1 heterocycles. The maximum Gasteiger partial charge on any atom is 0.254 e. The van der Waals surface area contributed by atoms with Crippen molar-refractivity contribution in [1.82, 2.24) is 5.32 Å². The Bertz CT molecular complexity index is 551. The van der Waals surface area contributed by atoms with Gasteiger partial charge in [-0.2, -0.15) is 0 Å². The van der Waals surface area contributed by atoms with E-state index >= 15 is 0 Å². The number of hydrogen-bond acceptors (Lipinski definition) is 3. The zero-order chi connectivity index (χ0) is 15.6. The average Bonchev–Trinajstić information content (AvgIpc) is 2.78. The van der Waals surface area contributed by atoms with Crippen molar-refractivity contribution in [3.05, 3.63) is 20.3 Å². The van der Waals surface area contributed by atoms with E-state index in [1.54, 1.807) is 6.07 Å². The van der Waals surface area contributed by atoms with Crippen molar-refractivity contribution in [2.45, 2.75) is 44.6 Å². The second kappa shape index (κ2) is 6.82. The molecule has 21 heavy (non-hydrogen) atoms. The number of carbonyl (C=O) groups excluding carboxylic acids is 1. The predicted molar refractivity (Wildman–Crippen MR) is 93.6 cm³/mol. The highest BCUT2D eigenvalue weighted by Gasteiger charge is 2.39. The van der Waals surface area contributed by atoms with Crippen LogP contribution >= 0.6 is 46.8 Å². The molecule has 1 aromatic rings. The van der Waals surface area contributed by atoms with E-state index in [2.05, 4.69) is 12.2 Å². The Balaban J connectivity index is 2.16. The number of amides is 1. The number of carbonyl (C=O) groups is 1. The molecule has 0 atom stereocenters. The minimum absolute atomic E-state index is 0.258. The summed E-state index contributed by atoms with van der Waals surface area (Å²) in [5.74, 6) is 0.425. The molecular weight excluding hydrogens is 347 g/mol. The van der Waals surface area contributed by atoms with Crippen molar-refractivity contribution in [3.8, 4) is 0 Å². The molecule has 1 fully saturated rings. The molecule has 116 valence electrons. The summed E-state index contributed by atoms with van der Waals surface area (Å²) in [6, 6.07) is 1.58. The summed E-state index contributed by atoms with van der Waals surface area (Å²) < 4.78 is 0.877. The van der Waals surface area contributed by atoms with E-state index in [1.807, 2.05) is 0 Å². The first-order chi connectivity index (χ1) is 9.88. The summed E-state index contributed by atoms with van der Waals surface area (Å²) in [6.45, 7) is 2.18. The Morgan fingerprint density at radius 2 is 2.14 bits per heavy atom. The maximum absolute atomic E-state index is 12.4. The zero-order valence-corrected chi connectivity index (χ0v) is 14.9. The topological polar surface area (TPSA) is 55.1 Å². The lowest BCUT2D eigenvalue weighted by Gasteiger charge is -2.40. The zero-order valence-electron chi connectivity index (χ0n) is 11.7. The third-order valence-electron chi connectivity index (χ3n) is 4.26.